The molecule has 4 N–H and O–H groups in total. The third kappa shape index (κ3) is 10.7. The van der Waals surface area contributed by atoms with Crippen LogP contribution < -0.4 is 16.4 Å². The van der Waals surface area contributed by atoms with Crippen LogP contribution in [0.1, 0.15) is 51.1 Å². The number of hydrogen-bond acceptors (Lipinski definition) is 11. The number of carbonyl (C=O) groups is 2. The molecular formula is C37H45Cl2F3N6O8. The molecule has 0 aliphatic carbocycles. The molecular weight excluding hydrogens is 784 g/mol. The zero-order chi connectivity index (χ0) is 40.9. The molecule has 5 atom stereocenters. The van der Waals surface area contributed by atoms with Crippen LogP contribution in [0.3, 0.4) is 0 Å². The van der Waals surface area contributed by atoms with Gasteiger partial charge in [0, 0.05) is 36.5 Å². The number of carboxylic acids is 1. The number of ketones is 1. The first kappa shape index (κ1) is 43.2. The normalized spacial score (nSPS) is 22.7. The lowest BCUT2D eigenvalue weighted by atomic mass is 9.93. The fraction of sp³-hybridized carbons (Fsp3) is 0.514. The Labute approximate surface area is 330 Å². The van der Waals surface area contributed by atoms with Gasteiger partial charge in [0.05, 0.1) is 72.6 Å². The lowest BCUT2D eigenvalue weighted by Crippen LogP contribution is -2.55. The van der Waals surface area contributed by atoms with Gasteiger partial charge in [-0.2, -0.15) is 13.2 Å². The minimum atomic E-state index is -5.08. The quantitative estimate of drug-likeness (QED) is 0.217. The highest BCUT2D eigenvalue weighted by atomic mass is 35.5. The fourth-order valence-electron chi connectivity index (χ4n) is 7.15. The smallest absolute Gasteiger partial charge is 0.475 e. The molecule has 3 aliphatic heterocycles. The number of halogens is 5. The molecule has 0 saturated carbocycles. The predicted octanol–water partition coefficient (Wildman–Crippen LogP) is 4.24. The highest BCUT2D eigenvalue weighted by Crippen LogP contribution is 2.27. The minimum absolute atomic E-state index is 0. The Hall–Kier alpha value is -3.97. The zero-order valence-corrected chi connectivity index (χ0v) is 32.1. The van der Waals surface area contributed by atoms with E-state index in [-0.39, 0.29) is 55.6 Å². The molecule has 306 valence electrons. The Morgan fingerprint density at radius 2 is 1.48 bits per heavy atom. The van der Waals surface area contributed by atoms with Gasteiger partial charge in [-0.3, -0.25) is 28.4 Å². The molecule has 5 heterocycles. The minimum Gasteiger partial charge on any atom is -0.475 e. The van der Waals surface area contributed by atoms with Crippen molar-refractivity contribution < 1.29 is 44.2 Å². The van der Waals surface area contributed by atoms with Crippen molar-refractivity contribution in [1.82, 2.24) is 29.3 Å². The SMILES string of the molecule is Cc1cc(Cl)cc2c(=O)n(CC(=O)C[C@H]3NCCC[C@@H]3O)cnc12.Cc1cc(Cl)cc2c(=O)n(C[C@@H]3C[C@@H]4[C@@H](O)CCCN4CO3)cnc12.O=C(O)C(F)(F)F.[HH]. The molecule has 7 rings (SSSR count). The number of carbonyl (C=O) groups excluding carboxylic acids is 1. The van der Waals surface area contributed by atoms with Crippen LogP contribution in [-0.2, 0) is 27.4 Å². The molecule has 0 spiro atoms. The van der Waals surface area contributed by atoms with Crippen molar-refractivity contribution in [2.24, 2.45) is 0 Å². The maximum absolute atomic E-state index is 12.8. The van der Waals surface area contributed by atoms with Gasteiger partial charge >= 0.3 is 12.1 Å². The average molecular weight is 830 g/mol. The van der Waals surface area contributed by atoms with Gasteiger partial charge in [-0.05, 0) is 87.9 Å². The molecule has 0 radical (unpaired) electrons. The number of alkyl halides is 3. The van der Waals surface area contributed by atoms with Crippen LogP contribution in [0.15, 0.2) is 46.5 Å². The summed E-state index contributed by atoms with van der Waals surface area (Å²) in [5.41, 5.74) is 2.60. The number of benzene rings is 2. The number of hydrogen-bond donors (Lipinski definition) is 4. The number of aromatic nitrogens is 4. The Morgan fingerprint density at radius 3 is 2.05 bits per heavy atom. The Balaban J connectivity index is 0.000000214. The van der Waals surface area contributed by atoms with Crippen molar-refractivity contribution in [3.05, 3.63) is 78.8 Å². The largest absolute Gasteiger partial charge is 0.490 e. The van der Waals surface area contributed by atoms with E-state index in [4.69, 9.17) is 37.8 Å². The maximum atomic E-state index is 12.8. The van der Waals surface area contributed by atoms with Crippen LogP contribution in [0.2, 0.25) is 10.0 Å². The number of carboxylic acid groups (broad SMARTS) is 1. The molecule has 0 amide bonds. The molecule has 0 bridgehead atoms. The van der Waals surface area contributed by atoms with E-state index < -0.39 is 18.2 Å². The number of aryl methyl sites for hydroxylation is 2. The molecule has 3 saturated heterocycles. The summed E-state index contributed by atoms with van der Waals surface area (Å²) in [5, 5.41) is 32.4. The Kier molecular flexibility index (Phi) is 14.3. The zero-order valence-electron chi connectivity index (χ0n) is 30.6. The van der Waals surface area contributed by atoms with Crippen LogP contribution in [0.4, 0.5) is 13.2 Å². The van der Waals surface area contributed by atoms with Crippen molar-refractivity contribution in [1.29, 1.82) is 0 Å². The molecule has 3 aliphatic rings. The standard InChI is InChI=1S/C18H22ClN3O3.C17H20ClN3O3.C2HF3O2.H2/c1-11-5-12(19)6-14-17(11)20-9-22(18(14)24)8-13-7-15-16(23)3-2-4-21(15)10-25-13;1-10-5-11(18)6-13-16(10)20-9-21(17(13)24)8-12(22)7-14-15(23)3-2-4-19-14;3-2(4,5)1(6)7;/h5-6,9,13,15-16,23H,2-4,7-8,10H2,1H3;5-6,9,14-15,19,23H,2-4,7-8H2,1H3;(H,6,7);1H/t13-,15+,16-;14-,15+;;/m01../s1. The van der Waals surface area contributed by atoms with Crippen molar-refractivity contribution >= 4 is 56.8 Å². The second kappa shape index (κ2) is 18.5. The van der Waals surface area contributed by atoms with Crippen LogP contribution in [0.25, 0.3) is 21.8 Å². The molecule has 19 heteroatoms. The number of ether oxygens (including phenoxy) is 1. The molecule has 4 aromatic rings. The Bertz CT molecular complexity index is 2190. The van der Waals surface area contributed by atoms with Crippen molar-refractivity contribution in [2.75, 3.05) is 19.8 Å². The molecule has 0 unspecified atom stereocenters. The third-order valence-electron chi connectivity index (χ3n) is 9.99. The molecule has 56 heavy (non-hydrogen) atoms. The first-order valence-corrected chi connectivity index (χ1v) is 18.8. The van der Waals surface area contributed by atoms with Gasteiger partial charge in [-0.15, -0.1) is 0 Å². The van der Waals surface area contributed by atoms with Crippen LogP contribution >= 0.6 is 23.2 Å². The van der Waals surface area contributed by atoms with E-state index in [9.17, 15) is 37.8 Å². The topological polar surface area (TPSA) is 189 Å². The predicted molar refractivity (Wildman–Crippen MR) is 204 cm³/mol. The van der Waals surface area contributed by atoms with Crippen molar-refractivity contribution in [2.45, 2.75) is 102 Å². The van der Waals surface area contributed by atoms with Crippen LogP contribution in [-0.4, -0.2) is 107 Å². The number of fused-ring (bicyclic) bond motifs is 3. The van der Waals surface area contributed by atoms with E-state index in [2.05, 4.69) is 20.2 Å². The lowest BCUT2D eigenvalue weighted by Gasteiger charge is -2.44. The van der Waals surface area contributed by atoms with Gasteiger partial charge in [0.15, 0.2) is 5.78 Å². The first-order chi connectivity index (χ1) is 26.4. The summed E-state index contributed by atoms with van der Waals surface area (Å²) in [4.78, 5) is 57.5. The lowest BCUT2D eigenvalue weighted by molar-refractivity contribution is -0.192. The van der Waals surface area contributed by atoms with E-state index in [0.29, 0.717) is 51.5 Å². The van der Waals surface area contributed by atoms with E-state index in [0.717, 1.165) is 49.9 Å². The van der Waals surface area contributed by atoms with Gasteiger partial charge in [-0.25, -0.2) is 14.8 Å². The second-order valence-corrected chi connectivity index (χ2v) is 15.0. The summed E-state index contributed by atoms with van der Waals surface area (Å²) < 4.78 is 40.5. The number of piperidine rings is 2. The van der Waals surface area contributed by atoms with Crippen molar-refractivity contribution in [3.8, 4) is 0 Å². The van der Waals surface area contributed by atoms with Crippen LogP contribution in [0, 0.1) is 13.8 Å². The first-order valence-electron chi connectivity index (χ1n) is 18.0. The second-order valence-electron chi connectivity index (χ2n) is 14.2. The number of nitrogens with one attached hydrogen (secondary N) is 1. The molecule has 3 fully saturated rings. The number of Topliss-reactive ketones (excluding diaryl/α,β-unsaturated/α-hetero) is 1. The van der Waals surface area contributed by atoms with Crippen molar-refractivity contribution in [3.63, 3.8) is 0 Å². The molecule has 2 aromatic heterocycles. The number of rotatable bonds is 6. The van der Waals surface area contributed by atoms with E-state index in [1.807, 2.05) is 19.9 Å². The molecule has 2 aromatic carbocycles. The average Bonchev–Trinajstić information content (AvgIpc) is 3.12. The molecule has 14 nitrogen and oxygen atoms in total. The summed E-state index contributed by atoms with van der Waals surface area (Å²) in [5.74, 6) is -2.87. The van der Waals surface area contributed by atoms with E-state index in [1.54, 1.807) is 29.1 Å². The monoisotopic (exact) mass is 828 g/mol. The summed E-state index contributed by atoms with van der Waals surface area (Å²) in [6, 6.07) is 6.68. The van der Waals surface area contributed by atoms with Gasteiger partial charge in [0.25, 0.3) is 11.1 Å². The van der Waals surface area contributed by atoms with Gasteiger partial charge in [-0.1, -0.05) is 23.2 Å². The summed E-state index contributed by atoms with van der Waals surface area (Å²) >= 11 is 12.1. The summed E-state index contributed by atoms with van der Waals surface area (Å²) in [6.45, 7) is 6.38. The van der Waals surface area contributed by atoms with Gasteiger partial charge in [0.2, 0.25) is 0 Å². The fourth-order valence-corrected chi connectivity index (χ4v) is 7.70. The number of aliphatic carboxylic acids is 1. The van der Waals surface area contributed by atoms with E-state index >= 15 is 0 Å². The highest BCUT2D eigenvalue weighted by molar-refractivity contribution is 6.31. The van der Waals surface area contributed by atoms with Gasteiger partial charge < -0.3 is 25.4 Å². The van der Waals surface area contributed by atoms with Crippen LogP contribution in [0.5, 0.6) is 0 Å². The third-order valence-corrected chi connectivity index (χ3v) is 10.4. The van der Waals surface area contributed by atoms with E-state index in [1.165, 1.54) is 10.9 Å². The summed E-state index contributed by atoms with van der Waals surface area (Å²) in [7, 11) is 0. The maximum Gasteiger partial charge on any atom is 0.490 e. The van der Waals surface area contributed by atoms with Gasteiger partial charge in [0.1, 0.15) is 0 Å². The highest BCUT2D eigenvalue weighted by Gasteiger charge is 2.38. The number of aliphatic hydroxyl groups excluding tert-OH is 2. The number of nitrogens with zero attached hydrogens (tertiary/aromatic N) is 5. The number of aliphatic hydroxyl groups is 2. The Morgan fingerprint density at radius 1 is 0.929 bits per heavy atom. The summed E-state index contributed by atoms with van der Waals surface area (Å²) in [6.07, 6.45) is 1.31.